The van der Waals surface area contributed by atoms with Gasteiger partial charge in [-0.2, -0.15) is 0 Å². The van der Waals surface area contributed by atoms with E-state index in [1.54, 1.807) is 19.1 Å². The molecule has 2 aliphatic rings. The van der Waals surface area contributed by atoms with Crippen LogP contribution in [0.3, 0.4) is 0 Å². The van der Waals surface area contributed by atoms with Crippen molar-refractivity contribution in [3.63, 3.8) is 0 Å². The summed E-state index contributed by atoms with van der Waals surface area (Å²) in [4.78, 5) is 27.1. The Hall–Kier alpha value is -2.64. The summed E-state index contributed by atoms with van der Waals surface area (Å²) >= 11 is 0. The van der Waals surface area contributed by atoms with Crippen LogP contribution in [-0.4, -0.2) is 61.4 Å². The molecule has 0 spiro atoms. The van der Waals surface area contributed by atoms with Gasteiger partial charge < -0.3 is 19.0 Å². The lowest BCUT2D eigenvalue weighted by Crippen LogP contribution is -2.40. The van der Waals surface area contributed by atoms with Crippen molar-refractivity contribution >= 4 is 11.9 Å². The number of furan rings is 1. The Morgan fingerprint density at radius 3 is 2.47 bits per heavy atom. The van der Waals surface area contributed by atoms with E-state index in [4.69, 9.17) is 13.9 Å². The number of ether oxygens (including phenoxy) is 2. The van der Waals surface area contributed by atoms with Crippen LogP contribution < -0.4 is 0 Å². The van der Waals surface area contributed by atoms with Crippen LogP contribution in [0.15, 0.2) is 46.4 Å². The summed E-state index contributed by atoms with van der Waals surface area (Å²) in [6.07, 6.45) is 0.161. The van der Waals surface area contributed by atoms with Gasteiger partial charge in [0.2, 0.25) is 0 Å². The lowest BCUT2D eigenvalue weighted by molar-refractivity contribution is -0.140. The Balaban J connectivity index is 2.28. The monoisotopic (exact) mass is 415 g/mol. The fourth-order valence-electron chi connectivity index (χ4n) is 4.35. The van der Waals surface area contributed by atoms with Crippen LogP contribution in [0.5, 0.6) is 0 Å². The van der Waals surface area contributed by atoms with Gasteiger partial charge in [-0.15, -0.1) is 0 Å². The normalized spacial score (nSPS) is 30.2. The zero-order chi connectivity index (χ0) is 22.3. The number of carbonyl (C=O) groups is 2. The van der Waals surface area contributed by atoms with E-state index in [0.717, 1.165) is 5.57 Å². The van der Waals surface area contributed by atoms with Gasteiger partial charge in [0.1, 0.15) is 23.2 Å². The smallest absolute Gasteiger partial charge is 0.341 e. The van der Waals surface area contributed by atoms with E-state index in [2.05, 4.69) is 13.2 Å². The minimum absolute atomic E-state index is 0.236. The number of rotatable bonds is 4. The Morgan fingerprint density at radius 1 is 1.27 bits per heavy atom. The molecular formula is C23H29NO6. The molecule has 1 aromatic heterocycles. The first-order valence-electron chi connectivity index (χ1n) is 9.85. The van der Waals surface area contributed by atoms with E-state index in [-0.39, 0.29) is 12.0 Å². The van der Waals surface area contributed by atoms with Gasteiger partial charge in [-0.05, 0) is 40.1 Å². The number of aliphatic hydroxyl groups excluding tert-OH is 1. The van der Waals surface area contributed by atoms with E-state index in [9.17, 15) is 14.7 Å². The van der Waals surface area contributed by atoms with Crippen LogP contribution in [0.2, 0.25) is 0 Å². The van der Waals surface area contributed by atoms with Crippen LogP contribution in [0.1, 0.15) is 41.6 Å². The Kier molecular flexibility index (Phi) is 6.06. The molecule has 0 aliphatic carbocycles. The van der Waals surface area contributed by atoms with Crippen molar-refractivity contribution in [2.24, 2.45) is 5.92 Å². The second-order valence-corrected chi connectivity index (χ2v) is 8.35. The SMILES string of the molecule is C=C(C)C1Cc2oc(cc2C(=O)OC)C(C(=C)C)C2OC(=O)/C(=C/C1O)C2N(C)C. The highest BCUT2D eigenvalue weighted by atomic mass is 16.6. The van der Waals surface area contributed by atoms with Crippen molar-refractivity contribution in [3.8, 4) is 0 Å². The van der Waals surface area contributed by atoms with Gasteiger partial charge in [-0.3, -0.25) is 4.90 Å². The Labute approximate surface area is 176 Å². The number of likely N-dealkylation sites (N-methyl/N-ethyl adjacent to an activating group) is 1. The van der Waals surface area contributed by atoms with E-state index in [1.165, 1.54) is 7.11 Å². The van der Waals surface area contributed by atoms with Gasteiger partial charge in [0, 0.05) is 12.3 Å². The first-order chi connectivity index (χ1) is 14.1. The number of methoxy groups -OCH3 is 1. The quantitative estimate of drug-likeness (QED) is 0.597. The van der Waals surface area contributed by atoms with Crippen molar-refractivity contribution in [2.75, 3.05) is 21.2 Å². The molecule has 0 radical (unpaired) electrons. The molecule has 1 aromatic rings. The maximum atomic E-state index is 12.8. The summed E-state index contributed by atoms with van der Waals surface area (Å²) in [6, 6.07) is 1.21. The zero-order valence-electron chi connectivity index (χ0n) is 18.1. The molecule has 7 nitrogen and oxygen atoms in total. The fourth-order valence-corrected chi connectivity index (χ4v) is 4.35. The maximum absolute atomic E-state index is 12.8. The molecule has 7 heteroatoms. The predicted molar refractivity (Wildman–Crippen MR) is 111 cm³/mol. The highest BCUT2D eigenvalue weighted by molar-refractivity contribution is 5.93. The number of aliphatic hydroxyl groups is 1. The van der Waals surface area contributed by atoms with Crippen LogP contribution in [-0.2, 0) is 20.7 Å². The van der Waals surface area contributed by atoms with Gasteiger partial charge in [0.15, 0.2) is 0 Å². The number of hydrogen-bond donors (Lipinski definition) is 1. The van der Waals surface area contributed by atoms with Gasteiger partial charge in [-0.1, -0.05) is 24.3 Å². The van der Waals surface area contributed by atoms with Crippen molar-refractivity contribution in [2.45, 2.75) is 44.4 Å². The van der Waals surface area contributed by atoms with Crippen molar-refractivity contribution in [1.82, 2.24) is 4.90 Å². The molecule has 0 amide bonds. The first kappa shape index (κ1) is 22.1. The molecule has 1 N–H and O–H groups in total. The van der Waals surface area contributed by atoms with Gasteiger partial charge in [0.25, 0.3) is 0 Å². The number of fused-ring (bicyclic) bond motifs is 4. The summed E-state index contributed by atoms with van der Waals surface area (Å²) in [5.41, 5.74) is 2.12. The van der Waals surface area contributed by atoms with Crippen LogP contribution >= 0.6 is 0 Å². The van der Waals surface area contributed by atoms with Gasteiger partial charge >= 0.3 is 11.9 Å². The third-order valence-corrected chi connectivity index (χ3v) is 5.87. The van der Waals surface area contributed by atoms with Crippen LogP contribution in [0.4, 0.5) is 0 Å². The summed E-state index contributed by atoms with van der Waals surface area (Å²) in [5, 5.41) is 11.0. The third-order valence-electron chi connectivity index (χ3n) is 5.87. The van der Waals surface area contributed by atoms with E-state index < -0.39 is 42.0 Å². The maximum Gasteiger partial charge on any atom is 0.341 e. The topological polar surface area (TPSA) is 89.2 Å². The van der Waals surface area contributed by atoms with Crippen molar-refractivity contribution in [1.29, 1.82) is 0 Å². The minimum Gasteiger partial charge on any atom is -0.465 e. The highest BCUT2D eigenvalue weighted by Gasteiger charge is 2.48. The second-order valence-electron chi connectivity index (χ2n) is 8.35. The molecule has 5 atom stereocenters. The molecule has 3 heterocycles. The fraction of sp³-hybridized carbons (Fsp3) is 0.478. The number of nitrogens with zero attached hydrogens (tertiary/aromatic N) is 1. The van der Waals surface area contributed by atoms with E-state index >= 15 is 0 Å². The Bertz CT molecular complexity index is 924. The molecule has 30 heavy (non-hydrogen) atoms. The molecule has 3 rings (SSSR count). The molecule has 0 aromatic carbocycles. The zero-order valence-corrected chi connectivity index (χ0v) is 18.1. The number of hydrogen-bond acceptors (Lipinski definition) is 7. The van der Waals surface area contributed by atoms with Gasteiger partial charge in [-0.25, -0.2) is 9.59 Å². The lowest BCUT2D eigenvalue weighted by atomic mass is 9.84. The van der Waals surface area contributed by atoms with Crippen molar-refractivity contribution < 1.29 is 28.6 Å². The predicted octanol–water partition coefficient (Wildman–Crippen LogP) is 2.62. The summed E-state index contributed by atoms with van der Waals surface area (Å²) in [5.74, 6) is -1.07. The van der Waals surface area contributed by atoms with E-state index in [1.807, 2.05) is 25.9 Å². The van der Waals surface area contributed by atoms with Crippen LogP contribution in [0.25, 0.3) is 0 Å². The summed E-state index contributed by atoms with van der Waals surface area (Å²) in [6.45, 7) is 11.7. The lowest BCUT2D eigenvalue weighted by Gasteiger charge is -2.30. The average Bonchev–Trinajstić information content (AvgIpc) is 3.19. The molecule has 5 unspecified atom stereocenters. The van der Waals surface area contributed by atoms with Crippen LogP contribution in [0, 0.1) is 5.92 Å². The van der Waals surface area contributed by atoms with Crippen molar-refractivity contribution in [3.05, 3.63) is 59.1 Å². The average molecular weight is 415 g/mol. The molecule has 4 bridgehead atoms. The molecule has 2 aliphatic heterocycles. The number of esters is 2. The van der Waals surface area contributed by atoms with Gasteiger partial charge in [0.05, 0.1) is 30.7 Å². The molecule has 162 valence electrons. The molecule has 1 saturated heterocycles. The largest absolute Gasteiger partial charge is 0.465 e. The standard InChI is InChI=1S/C23H29NO6/c1-11(2)13-9-17-14(22(26)28-7)10-18(29-17)19(12(3)4)21-20(24(5)6)15(8-16(13)25)23(27)30-21/h8,10,13,16,19-21,25H,1,3,9H2,2,4-7H3/b15-8+. The van der Waals surface area contributed by atoms with E-state index in [0.29, 0.717) is 22.7 Å². The summed E-state index contributed by atoms with van der Waals surface area (Å²) in [7, 11) is 5.00. The second kappa shape index (κ2) is 8.24. The molecular weight excluding hydrogens is 386 g/mol. The number of carbonyl (C=O) groups excluding carboxylic acids is 2. The Morgan fingerprint density at radius 2 is 1.93 bits per heavy atom. The molecule has 0 saturated carbocycles. The third kappa shape index (κ3) is 3.75. The first-order valence-corrected chi connectivity index (χ1v) is 9.85. The highest BCUT2D eigenvalue weighted by Crippen LogP contribution is 2.41. The molecule has 1 fully saturated rings. The minimum atomic E-state index is -1.01. The summed E-state index contributed by atoms with van der Waals surface area (Å²) < 4.78 is 16.8.